The lowest BCUT2D eigenvalue weighted by atomic mass is 10.3. The maximum atomic E-state index is 2.64. The van der Waals surface area contributed by atoms with Gasteiger partial charge in [0.2, 0.25) is 0 Å². The molecule has 4 heteroatoms. The zero-order valence-corrected chi connectivity index (χ0v) is 13.1. The van der Waals surface area contributed by atoms with E-state index in [1.807, 2.05) is 0 Å². The van der Waals surface area contributed by atoms with Crippen LogP contribution >= 0.6 is 0 Å². The Balaban J connectivity index is 0.000000141. The molecule has 0 spiro atoms. The highest BCUT2D eigenvalue weighted by atomic mass is 15.3. The first-order chi connectivity index (χ1) is 9.19. The van der Waals surface area contributed by atoms with Crippen LogP contribution in [0.25, 0.3) is 0 Å². The van der Waals surface area contributed by atoms with Gasteiger partial charge in [-0.1, -0.05) is 6.92 Å². The van der Waals surface area contributed by atoms with E-state index in [2.05, 4.69) is 40.6 Å². The molecule has 0 amide bonds. The minimum absolute atomic E-state index is 0.980. The van der Waals surface area contributed by atoms with Gasteiger partial charge in [-0.2, -0.15) is 0 Å². The summed E-state index contributed by atoms with van der Waals surface area (Å²) in [4.78, 5) is 9.92. The number of piperazine rings is 2. The molecular weight excluding hydrogens is 236 g/mol. The molecule has 4 nitrogen and oxygen atoms in total. The maximum Gasteiger partial charge on any atom is 0.0113 e. The van der Waals surface area contributed by atoms with E-state index in [4.69, 9.17) is 0 Å². The van der Waals surface area contributed by atoms with Crippen LogP contribution in [0.1, 0.15) is 19.8 Å². The van der Waals surface area contributed by atoms with E-state index in [0.717, 1.165) is 6.04 Å². The van der Waals surface area contributed by atoms with Crippen molar-refractivity contribution in [3.63, 3.8) is 0 Å². The van der Waals surface area contributed by atoms with Crippen molar-refractivity contribution < 1.29 is 0 Å². The molecule has 3 rings (SSSR count). The molecular formula is C15H32N4. The SMILES string of the molecule is CCN1CCN(C)CC1.CN1CCN(C2CC2)CC1. The van der Waals surface area contributed by atoms with Crippen LogP contribution in [-0.4, -0.2) is 98.6 Å². The number of hydrogen-bond acceptors (Lipinski definition) is 4. The number of hydrogen-bond donors (Lipinski definition) is 0. The molecule has 3 fully saturated rings. The van der Waals surface area contributed by atoms with Crippen LogP contribution in [0, 0.1) is 0 Å². The highest BCUT2D eigenvalue weighted by molar-refractivity contribution is 4.86. The second-order valence-electron chi connectivity index (χ2n) is 6.31. The Bertz CT molecular complexity index is 239. The first-order valence-corrected chi connectivity index (χ1v) is 8.02. The average molecular weight is 268 g/mol. The molecule has 0 radical (unpaired) electrons. The van der Waals surface area contributed by atoms with Gasteiger partial charge >= 0.3 is 0 Å². The molecule has 0 atom stereocenters. The molecule has 112 valence electrons. The Kier molecular flexibility index (Phi) is 6.07. The Labute approximate surface area is 119 Å². The zero-order valence-electron chi connectivity index (χ0n) is 13.1. The Morgan fingerprint density at radius 3 is 1.63 bits per heavy atom. The molecule has 1 aliphatic carbocycles. The standard InChI is InChI=1S/C8H16N2.C7H16N2/c1-9-4-6-10(7-5-9)8-2-3-8;1-3-9-6-4-8(2)5-7-9/h8H,2-7H2,1H3;3-7H2,1-2H3. The van der Waals surface area contributed by atoms with E-state index < -0.39 is 0 Å². The summed E-state index contributed by atoms with van der Waals surface area (Å²) < 4.78 is 0. The number of nitrogens with zero attached hydrogens (tertiary/aromatic N) is 4. The van der Waals surface area contributed by atoms with E-state index in [-0.39, 0.29) is 0 Å². The lowest BCUT2D eigenvalue weighted by Gasteiger charge is -2.32. The third-order valence-electron chi connectivity index (χ3n) is 4.64. The number of likely N-dealkylation sites (N-methyl/N-ethyl adjacent to an activating group) is 3. The van der Waals surface area contributed by atoms with Gasteiger partial charge in [0, 0.05) is 58.4 Å². The Morgan fingerprint density at radius 2 is 1.21 bits per heavy atom. The first kappa shape index (κ1) is 15.2. The van der Waals surface area contributed by atoms with Crippen molar-refractivity contribution in [2.24, 2.45) is 0 Å². The largest absolute Gasteiger partial charge is 0.304 e. The fraction of sp³-hybridized carbons (Fsp3) is 1.00. The van der Waals surface area contributed by atoms with Crippen molar-refractivity contribution in [2.45, 2.75) is 25.8 Å². The molecule has 0 aromatic carbocycles. The van der Waals surface area contributed by atoms with Crippen LogP contribution in [0.3, 0.4) is 0 Å². The zero-order chi connectivity index (χ0) is 13.7. The van der Waals surface area contributed by atoms with Crippen molar-refractivity contribution in [3.8, 4) is 0 Å². The normalized spacial score (nSPS) is 27.9. The van der Waals surface area contributed by atoms with Crippen LogP contribution in [0.5, 0.6) is 0 Å². The summed E-state index contributed by atoms with van der Waals surface area (Å²) in [7, 11) is 4.40. The van der Waals surface area contributed by atoms with Gasteiger partial charge in [0.1, 0.15) is 0 Å². The second kappa shape index (κ2) is 7.58. The molecule has 2 heterocycles. The van der Waals surface area contributed by atoms with E-state index in [9.17, 15) is 0 Å². The van der Waals surface area contributed by atoms with E-state index in [1.54, 1.807) is 0 Å². The summed E-state index contributed by atoms with van der Waals surface area (Å²) in [6.07, 6.45) is 2.92. The predicted octanol–water partition coefficient (Wildman–Crippen LogP) is 0.650. The monoisotopic (exact) mass is 268 g/mol. The maximum absolute atomic E-state index is 2.64. The summed E-state index contributed by atoms with van der Waals surface area (Å²) in [5.41, 5.74) is 0. The summed E-state index contributed by atoms with van der Waals surface area (Å²) in [5.74, 6) is 0. The molecule has 3 aliphatic rings. The fourth-order valence-electron chi connectivity index (χ4n) is 2.79. The minimum atomic E-state index is 0.980. The van der Waals surface area contributed by atoms with Gasteiger partial charge in [-0.15, -0.1) is 0 Å². The summed E-state index contributed by atoms with van der Waals surface area (Å²) in [5, 5.41) is 0. The van der Waals surface area contributed by atoms with Gasteiger partial charge in [0.25, 0.3) is 0 Å². The molecule has 19 heavy (non-hydrogen) atoms. The third kappa shape index (κ3) is 5.38. The highest BCUT2D eigenvalue weighted by Gasteiger charge is 2.30. The van der Waals surface area contributed by atoms with Crippen LogP contribution in [0.4, 0.5) is 0 Å². The molecule has 0 bridgehead atoms. The fourth-order valence-corrected chi connectivity index (χ4v) is 2.79. The second-order valence-corrected chi connectivity index (χ2v) is 6.31. The smallest absolute Gasteiger partial charge is 0.0113 e. The van der Waals surface area contributed by atoms with Gasteiger partial charge < -0.3 is 14.7 Å². The van der Waals surface area contributed by atoms with Crippen molar-refractivity contribution >= 4 is 0 Å². The molecule has 0 aromatic heterocycles. The Hall–Kier alpha value is -0.160. The average Bonchev–Trinajstić information content (AvgIpc) is 3.26. The lowest BCUT2D eigenvalue weighted by molar-refractivity contribution is 0.147. The molecule has 1 saturated carbocycles. The van der Waals surface area contributed by atoms with Gasteiger partial charge in [0.05, 0.1) is 0 Å². The minimum Gasteiger partial charge on any atom is -0.304 e. The molecule has 2 aliphatic heterocycles. The summed E-state index contributed by atoms with van der Waals surface area (Å²) in [6, 6.07) is 0.980. The quantitative estimate of drug-likeness (QED) is 0.729. The van der Waals surface area contributed by atoms with E-state index in [0.29, 0.717) is 0 Å². The topological polar surface area (TPSA) is 13.0 Å². The third-order valence-corrected chi connectivity index (χ3v) is 4.64. The van der Waals surface area contributed by atoms with Gasteiger partial charge in [-0.3, -0.25) is 4.90 Å². The van der Waals surface area contributed by atoms with Crippen molar-refractivity contribution in [1.82, 2.24) is 19.6 Å². The van der Waals surface area contributed by atoms with Crippen LogP contribution < -0.4 is 0 Å². The van der Waals surface area contributed by atoms with Crippen LogP contribution in [0.2, 0.25) is 0 Å². The predicted molar refractivity (Wildman–Crippen MR) is 81.7 cm³/mol. The van der Waals surface area contributed by atoms with E-state index >= 15 is 0 Å². The molecule has 0 N–H and O–H groups in total. The van der Waals surface area contributed by atoms with Gasteiger partial charge in [-0.25, -0.2) is 0 Å². The first-order valence-electron chi connectivity index (χ1n) is 8.02. The molecule has 2 saturated heterocycles. The summed E-state index contributed by atoms with van der Waals surface area (Å²) in [6.45, 7) is 13.6. The van der Waals surface area contributed by atoms with Gasteiger partial charge in [0.15, 0.2) is 0 Å². The molecule has 0 aromatic rings. The van der Waals surface area contributed by atoms with Crippen LogP contribution in [-0.2, 0) is 0 Å². The Morgan fingerprint density at radius 1 is 0.737 bits per heavy atom. The van der Waals surface area contributed by atoms with Crippen molar-refractivity contribution in [1.29, 1.82) is 0 Å². The van der Waals surface area contributed by atoms with Gasteiger partial charge in [-0.05, 0) is 33.5 Å². The number of rotatable bonds is 2. The van der Waals surface area contributed by atoms with E-state index in [1.165, 1.54) is 71.7 Å². The van der Waals surface area contributed by atoms with Crippen molar-refractivity contribution in [3.05, 3.63) is 0 Å². The highest BCUT2D eigenvalue weighted by Crippen LogP contribution is 2.27. The lowest BCUT2D eigenvalue weighted by Crippen LogP contribution is -2.45. The summed E-state index contributed by atoms with van der Waals surface area (Å²) >= 11 is 0. The van der Waals surface area contributed by atoms with Crippen molar-refractivity contribution in [2.75, 3.05) is 73.0 Å². The van der Waals surface area contributed by atoms with Crippen LogP contribution in [0.15, 0.2) is 0 Å². The molecule has 0 unspecified atom stereocenters.